The second-order valence-electron chi connectivity index (χ2n) is 16.5. The molecule has 2 aliphatic carbocycles. The topological polar surface area (TPSA) is 122 Å². The normalized spacial score (nSPS) is 25.0. The summed E-state index contributed by atoms with van der Waals surface area (Å²) in [6.45, 7) is 3.57. The number of carbonyl (C=O) groups excluding carboxylic acids is 4. The van der Waals surface area contributed by atoms with Gasteiger partial charge in [0.15, 0.2) is 11.5 Å². The third-order valence-electron chi connectivity index (χ3n) is 13.1. The van der Waals surface area contributed by atoms with Crippen LogP contribution < -0.4 is 14.5 Å². The molecule has 63 heavy (non-hydrogen) atoms. The first-order valence-corrected chi connectivity index (χ1v) is 20.9. The van der Waals surface area contributed by atoms with E-state index in [0.29, 0.717) is 38.9 Å². The number of aryl methyl sites for hydroxylation is 2. The van der Waals surface area contributed by atoms with Gasteiger partial charge in [0.05, 0.1) is 52.0 Å². The van der Waals surface area contributed by atoms with Crippen molar-refractivity contribution in [3.05, 3.63) is 106 Å². The number of aromatic hydroxyl groups is 1. The maximum absolute atomic E-state index is 15.1. The molecular weight excluding hydrogens is 874 g/mol. The fourth-order valence-electron chi connectivity index (χ4n) is 9.98. The number of thiophene rings is 1. The molecule has 5 aromatic rings. The number of nitrogens with zero attached hydrogens (tertiary/aromatic N) is 4. The van der Waals surface area contributed by atoms with Gasteiger partial charge in [-0.25, -0.2) is 9.80 Å². The van der Waals surface area contributed by atoms with Crippen LogP contribution in [-0.4, -0.2) is 45.6 Å². The standard InChI is InChI=1S/C45H35ClF6N4O6S/c1-20-28-17-24(46)7-12-35(28)63-38(20)32-19-36(54(3)53-32)56-40(59)31-18-29-26(30(43(31,2)42(56)61)10-5-21-6-11-33(57)34(13-21)62-4)8-9-27-37(29)41(60)55(39(27)58)25-15-22(44(47,48)49)14-23(16-25)45(50,51)52/h5-8,10-17,19,27,29-31,37,57H,9,18H2,1-4H3. The number of aromatic nitrogens is 2. The average Bonchev–Trinajstić information content (AvgIpc) is 3.90. The van der Waals surface area contributed by atoms with Crippen LogP contribution in [-0.2, 0) is 38.6 Å². The third kappa shape index (κ3) is 6.56. The van der Waals surface area contributed by atoms with Crippen molar-refractivity contribution < 1.29 is 55.4 Å². The van der Waals surface area contributed by atoms with E-state index in [1.807, 2.05) is 19.1 Å². The van der Waals surface area contributed by atoms with Crippen molar-refractivity contribution in [3.8, 4) is 22.1 Å². The van der Waals surface area contributed by atoms with E-state index in [-0.39, 0.29) is 36.2 Å². The average molecular weight is 909 g/mol. The molecule has 0 bridgehead atoms. The van der Waals surface area contributed by atoms with Crippen LogP contribution in [0.1, 0.15) is 42.0 Å². The SMILES string of the molecule is COc1cc(C=CC2C3=CCC4C(=O)N(c5cc(C(F)(F)F)cc(C(F)(F)F)c5)C(=O)C4C3CC3C(=O)N(c4cc(-c5sc6ccc(Cl)cc6c5C)nn4C)C(=O)C23C)ccc1O. The molecule has 4 aliphatic rings. The van der Waals surface area contributed by atoms with E-state index < -0.39 is 87.8 Å². The van der Waals surface area contributed by atoms with Crippen molar-refractivity contribution >= 4 is 74.2 Å². The minimum absolute atomic E-state index is 0.0802. The number of phenolic OH excluding ortho intramolecular Hbond substituents is 1. The van der Waals surface area contributed by atoms with Gasteiger partial charge in [-0.1, -0.05) is 41.5 Å². The Morgan fingerprint density at radius 2 is 1.60 bits per heavy atom. The second-order valence-corrected chi connectivity index (χ2v) is 18.0. The largest absolute Gasteiger partial charge is 0.504 e. The van der Waals surface area contributed by atoms with Crippen LogP contribution >= 0.6 is 22.9 Å². The third-order valence-corrected chi connectivity index (χ3v) is 14.6. The molecule has 3 fully saturated rings. The summed E-state index contributed by atoms with van der Waals surface area (Å²) in [5, 5.41) is 16.4. The first-order valence-electron chi connectivity index (χ1n) is 19.7. The van der Waals surface area contributed by atoms with E-state index in [4.69, 9.17) is 21.4 Å². The van der Waals surface area contributed by atoms with E-state index in [1.165, 1.54) is 29.2 Å². The van der Waals surface area contributed by atoms with Gasteiger partial charge in [0.1, 0.15) is 11.5 Å². The first kappa shape index (κ1) is 42.4. The molecule has 18 heteroatoms. The van der Waals surface area contributed by atoms with Crippen LogP contribution in [0.2, 0.25) is 5.02 Å². The molecule has 2 saturated heterocycles. The fraction of sp³-hybridized carbons (Fsp3) is 0.311. The second kappa shape index (κ2) is 14.6. The highest BCUT2D eigenvalue weighted by atomic mass is 35.5. The van der Waals surface area contributed by atoms with Crippen LogP contribution in [0.5, 0.6) is 11.5 Å². The zero-order valence-electron chi connectivity index (χ0n) is 33.6. The van der Waals surface area contributed by atoms with Crippen molar-refractivity contribution in [3.63, 3.8) is 0 Å². The van der Waals surface area contributed by atoms with Gasteiger partial charge in [0, 0.05) is 28.8 Å². The van der Waals surface area contributed by atoms with Gasteiger partial charge >= 0.3 is 12.4 Å². The lowest BCUT2D eigenvalue weighted by molar-refractivity contribution is -0.143. The van der Waals surface area contributed by atoms with Gasteiger partial charge < -0.3 is 9.84 Å². The van der Waals surface area contributed by atoms with Crippen molar-refractivity contribution in [2.45, 2.75) is 39.0 Å². The molecule has 3 aromatic carbocycles. The quantitative estimate of drug-likeness (QED) is 0.102. The molecule has 1 saturated carbocycles. The van der Waals surface area contributed by atoms with Crippen LogP contribution in [0.25, 0.3) is 26.7 Å². The molecule has 0 spiro atoms. The highest BCUT2D eigenvalue weighted by Gasteiger charge is 2.67. The van der Waals surface area contributed by atoms with Crippen molar-refractivity contribution in [1.29, 1.82) is 0 Å². The number of fused-ring (bicyclic) bond motifs is 5. The number of phenols is 1. The highest BCUT2D eigenvalue weighted by Crippen LogP contribution is 2.61. The fourth-order valence-corrected chi connectivity index (χ4v) is 11.3. The maximum Gasteiger partial charge on any atom is 0.416 e. The van der Waals surface area contributed by atoms with Gasteiger partial charge in [0.25, 0.3) is 0 Å². The maximum atomic E-state index is 15.1. The van der Waals surface area contributed by atoms with E-state index >= 15 is 4.79 Å². The molecule has 6 atom stereocenters. The molecule has 1 N–H and O–H groups in total. The van der Waals surface area contributed by atoms with E-state index in [1.54, 1.807) is 56.5 Å². The summed E-state index contributed by atoms with van der Waals surface area (Å²) in [5.41, 5.74) is -3.29. The van der Waals surface area contributed by atoms with Crippen LogP contribution in [0.4, 0.5) is 37.8 Å². The molecule has 2 aromatic heterocycles. The smallest absolute Gasteiger partial charge is 0.416 e. The summed E-state index contributed by atoms with van der Waals surface area (Å²) >= 11 is 7.75. The molecule has 4 amide bonds. The number of halogens is 7. The summed E-state index contributed by atoms with van der Waals surface area (Å²) in [4.78, 5) is 60.8. The number of imide groups is 2. The Bertz CT molecular complexity index is 2850. The lowest BCUT2D eigenvalue weighted by atomic mass is 9.52. The van der Waals surface area contributed by atoms with Crippen LogP contribution in [0.15, 0.2) is 78.4 Å². The minimum atomic E-state index is -5.24. The van der Waals surface area contributed by atoms with Gasteiger partial charge in [-0.2, -0.15) is 31.4 Å². The molecule has 2 aliphatic heterocycles. The number of alkyl halides is 6. The first-order chi connectivity index (χ1) is 29.6. The van der Waals surface area contributed by atoms with E-state index in [9.17, 15) is 45.8 Å². The Balaban J connectivity index is 1.14. The number of hydrogen-bond donors (Lipinski definition) is 1. The molecule has 10 nitrogen and oxygen atoms in total. The van der Waals surface area contributed by atoms with Crippen LogP contribution in [0.3, 0.4) is 0 Å². The van der Waals surface area contributed by atoms with E-state index in [0.717, 1.165) is 25.4 Å². The van der Waals surface area contributed by atoms with Gasteiger partial charge in [-0.05, 0) is 97.7 Å². The lowest BCUT2D eigenvalue weighted by Gasteiger charge is -2.47. The Hall–Kier alpha value is -5.94. The number of hydrogen-bond acceptors (Lipinski definition) is 8. The lowest BCUT2D eigenvalue weighted by Crippen LogP contribution is -2.49. The highest BCUT2D eigenvalue weighted by molar-refractivity contribution is 7.22. The number of anilines is 2. The Labute approximate surface area is 364 Å². The molecule has 0 radical (unpaired) electrons. The van der Waals surface area contributed by atoms with Crippen LogP contribution in [0, 0.1) is 41.9 Å². The van der Waals surface area contributed by atoms with E-state index in [2.05, 4.69) is 0 Å². The predicted octanol–water partition coefficient (Wildman–Crippen LogP) is 10.00. The van der Waals surface area contributed by atoms with Crippen molar-refractivity contribution in [2.75, 3.05) is 16.9 Å². The predicted molar refractivity (Wildman–Crippen MR) is 222 cm³/mol. The molecular formula is C45H35ClF6N4O6S. The van der Waals surface area contributed by atoms with Crippen molar-refractivity contribution in [2.24, 2.45) is 42.1 Å². The number of ether oxygens (including phenoxy) is 1. The van der Waals surface area contributed by atoms with Crippen molar-refractivity contribution in [1.82, 2.24) is 9.78 Å². The Kier molecular flexibility index (Phi) is 9.79. The van der Waals surface area contributed by atoms with Gasteiger partial charge in [-0.3, -0.25) is 23.9 Å². The summed E-state index contributed by atoms with van der Waals surface area (Å²) < 4.78 is 91.3. The number of allylic oxidation sites excluding steroid dienone is 3. The summed E-state index contributed by atoms with van der Waals surface area (Å²) in [5.74, 6) is -8.34. The van der Waals surface area contributed by atoms with Gasteiger partial charge in [0.2, 0.25) is 23.6 Å². The zero-order chi connectivity index (χ0) is 45.2. The molecule has 6 unspecified atom stereocenters. The Morgan fingerprint density at radius 3 is 2.27 bits per heavy atom. The number of amides is 4. The summed E-state index contributed by atoms with van der Waals surface area (Å²) in [6, 6.07) is 12.3. The van der Waals surface area contributed by atoms with Gasteiger partial charge in [-0.15, -0.1) is 11.3 Å². The zero-order valence-corrected chi connectivity index (χ0v) is 35.2. The number of methoxy groups -OCH3 is 1. The monoisotopic (exact) mass is 908 g/mol. The number of benzene rings is 3. The number of carbonyl (C=O) groups is 4. The molecule has 4 heterocycles. The molecule has 9 rings (SSSR count). The summed E-state index contributed by atoms with van der Waals surface area (Å²) in [6.07, 6.45) is -5.66. The number of rotatable bonds is 6. The minimum Gasteiger partial charge on any atom is -0.504 e. The molecule has 326 valence electrons. The Morgan fingerprint density at radius 1 is 0.905 bits per heavy atom. The summed E-state index contributed by atoms with van der Waals surface area (Å²) in [7, 11) is 2.97.